The van der Waals surface area contributed by atoms with Crippen LogP contribution in [-0.4, -0.2) is 24.7 Å². The Balaban J connectivity index is 2.09. The number of halogens is 2. The fourth-order valence-corrected chi connectivity index (χ4v) is 4.03. The zero-order chi connectivity index (χ0) is 14.9. The summed E-state index contributed by atoms with van der Waals surface area (Å²) in [6, 6.07) is 4.05. The lowest BCUT2D eigenvalue weighted by Crippen LogP contribution is -2.48. The van der Waals surface area contributed by atoms with E-state index in [9.17, 15) is 17.6 Å². The molecule has 1 aromatic carbocycles. The second kappa shape index (κ2) is 5.67. The molecule has 0 spiro atoms. The Morgan fingerprint density at radius 2 is 2.15 bits per heavy atom. The van der Waals surface area contributed by atoms with Gasteiger partial charge in [0.1, 0.15) is 5.82 Å². The number of benzene rings is 1. The van der Waals surface area contributed by atoms with Gasteiger partial charge in [-0.15, -0.1) is 0 Å². The lowest BCUT2D eigenvalue weighted by molar-refractivity contribution is -0.144. The molecule has 20 heavy (non-hydrogen) atoms. The Morgan fingerprint density at radius 3 is 2.65 bits per heavy atom. The van der Waals surface area contributed by atoms with Crippen LogP contribution < -0.4 is 4.72 Å². The first kappa shape index (κ1) is 15.2. The highest BCUT2D eigenvalue weighted by molar-refractivity contribution is 7.90. The van der Waals surface area contributed by atoms with Gasteiger partial charge in [0.25, 0.3) is 0 Å². The molecular formula is C12H13ClFNO4S. The van der Waals surface area contributed by atoms with E-state index in [0.29, 0.717) is 6.42 Å². The Kier molecular flexibility index (Phi) is 4.31. The van der Waals surface area contributed by atoms with Gasteiger partial charge in [-0.2, -0.15) is 0 Å². The quantitative estimate of drug-likeness (QED) is 0.865. The van der Waals surface area contributed by atoms with Gasteiger partial charge < -0.3 is 5.11 Å². The smallest absolute Gasteiger partial charge is 0.307 e. The fourth-order valence-electron chi connectivity index (χ4n) is 2.10. The molecule has 0 aliphatic heterocycles. The summed E-state index contributed by atoms with van der Waals surface area (Å²) in [5.74, 6) is -2.64. The molecule has 0 bridgehead atoms. The zero-order valence-electron chi connectivity index (χ0n) is 10.3. The van der Waals surface area contributed by atoms with Crippen molar-refractivity contribution in [2.24, 2.45) is 5.92 Å². The van der Waals surface area contributed by atoms with Gasteiger partial charge in [-0.05, 0) is 25.0 Å². The fraction of sp³-hybridized carbons (Fsp3) is 0.417. The first-order valence-corrected chi connectivity index (χ1v) is 7.89. The second-order valence-electron chi connectivity index (χ2n) is 4.63. The maximum Gasteiger partial charge on any atom is 0.307 e. The summed E-state index contributed by atoms with van der Waals surface area (Å²) in [4.78, 5) is 10.8. The number of hydrogen-bond donors (Lipinski definition) is 2. The van der Waals surface area contributed by atoms with Gasteiger partial charge in [0.2, 0.25) is 10.0 Å². The van der Waals surface area contributed by atoms with Gasteiger partial charge in [-0.1, -0.05) is 17.7 Å². The molecule has 0 radical (unpaired) electrons. The van der Waals surface area contributed by atoms with E-state index in [0.717, 1.165) is 0 Å². The van der Waals surface area contributed by atoms with Gasteiger partial charge in [0, 0.05) is 17.1 Å². The average Bonchev–Trinajstić information content (AvgIpc) is 2.24. The van der Waals surface area contributed by atoms with Crippen LogP contribution in [0.4, 0.5) is 4.39 Å². The van der Waals surface area contributed by atoms with Crippen LogP contribution in [0.15, 0.2) is 18.2 Å². The van der Waals surface area contributed by atoms with Crippen molar-refractivity contribution >= 4 is 27.6 Å². The van der Waals surface area contributed by atoms with Gasteiger partial charge in [-0.3, -0.25) is 4.79 Å². The molecule has 110 valence electrons. The van der Waals surface area contributed by atoms with Crippen molar-refractivity contribution in [3.63, 3.8) is 0 Å². The molecule has 5 nitrogen and oxygen atoms in total. The molecule has 1 fully saturated rings. The Hall–Kier alpha value is -1.18. The van der Waals surface area contributed by atoms with Crippen molar-refractivity contribution in [2.75, 3.05) is 0 Å². The molecule has 0 heterocycles. The van der Waals surface area contributed by atoms with Gasteiger partial charge in [0.15, 0.2) is 0 Å². The minimum Gasteiger partial charge on any atom is -0.481 e. The molecule has 1 aliphatic rings. The maximum absolute atomic E-state index is 13.5. The van der Waals surface area contributed by atoms with Crippen LogP contribution in [0.3, 0.4) is 0 Å². The molecule has 2 rings (SSSR count). The number of aliphatic carboxylic acids is 1. The molecule has 8 heteroatoms. The average molecular weight is 322 g/mol. The molecule has 2 atom stereocenters. The standard InChI is InChI=1S/C12H13ClFNO4S/c13-9-2-1-3-10(14)8(9)6-15-20(18,19)11-5-4-7(11)12(16)17/h1-3,7,11,15H,4-6H2,(H,16,17). The maximum atomic E-state index is 13.5. The van der Waals surface area contributed by atoms with Crippen molar-refractivity contribution in [1.29, 1.82) is 0 Å². The molecule has 1 aliphatic carbocycles. The van der Waals surface area contributed by atoms with E-state index in [2.05, 4.69) is 4.72 Å². The van der Waals surface area contributed by atoms with E-state index in [1.165, 1.54) is 18.2 Å². The molecule has 2 N–H and O–H groups in total. The summed E-state index contributed by atoms with van der Waals surface area (Å²) < 4.78 is 39.7. The highest BCUT2D eigenvalue weighted by Gasteiger charge is 2.45. The molecule has 0 aromatic heterocycles. The van der Waals surface area contributed by atoms with Crippen LogP contribution in [0.1, 0.15) is 18.4 Å². The van der Waals surface area contributed by atoms with Crippen LogP contribution in [0.5, 0.6) is 0 Å². The summed E-state index contributed by atoms with van der Waals surface area (Å²) in [6.07, 6.45) is 0.624. The van der Waals surface area contributed by atoms with Gasteiger partial charge >= 0.3 is 5.97 Å². The van der Waals surface area contributed by atoms with Crippen LogP contribution in [0, 0.1) is 11.7 Å². The van der Waals surface area contributed by atoms with Crippen molar-refractivity contribution < 1.29 is 22.7 Å². The molecule has 0 saturated heterocycles. The van der Waals surface area contributed by atoms with Crippen LogP contribution in [-0.2, 0) is 21.4 Å². The number of hydrogen-bond acceptors (Lipinski definition) is 3. The molecule has 2 unspecified atom stereocenters. The number of nitrogens with one attached hydrogen (secondary N) is 1. The van der Waals surface area contributed by atoms with E-state index in [1.807, 2.05) is 0 Å². The lowest BCUT2D eigenvalue weighted by Gasteiger charge is -2.32. The minimum atomic E-state index is -3.81. The Bertz CT molecular complexity index is 614. The Labute approximate surface area is 120 Å². The minimum absolute atomic E-state index is 0.0453. The predicted molar refractivity (Wildman–Crippen MR) is 71.3 cm³/mol. The third-order valence-electron chi connectivity index (χ3n) is 3.44. The summed E-state index contributed by atoms with van der Waals surface area (Å²) >= 11 is 5.80. The van der Waals surface area contributed by atoms with Crippen LogP contribution in [0.2, 0.25) is 5.02 Å². The second-order valence-corrected chi connectivity index (χ2v) is 7.02. The number of carboxylic acids is 1. The topological polar surface area (TPSA) is 83.5 Å². The molecule has 1 aromatic rings. The first-order valence-electron chi connectivity index (χ1n) is 5.97. The third-order valence-corrected chi connectivity index (χ3v) is 5.70. The van der Waals surface area contributed by atoms with E-state index >= 15 is 0 Å². The number of rotatable bonds is 5. The van der Waals surface area contributed by atoms with E-state index in [1.54, 1.807) is 0 Å². The van der Waals surface area contributed by atoms with Gasteiger partial charge in [0.05, 0.1) is 11.2 Å². The Morgan fingerprint density at radius 1 is 1.45 bits per heavy atom. The normalized spacial score (nSPS) is 22.3. The molecule has 1 saturated carbocycles. The van der Waals surface area contributed by atoms with Crippen molar-refractivity contribution in [3.8, 4) is 0 Å². The summed E-state index contributed by atoms with van der Waals surface area (Å²) in [6.45, 7) is -0.295. The zero-order valence-corrected chi connectivity index (χ0v) is 11.9. The molecule has 0 amide bonds. The lowest BCUT2D eigenvalue weighted by atomic mass is 9.85. The van der Waals surface area contributed by atoms with Gasteiger partial charge in [-0.25, -0.2) is 17.5 Å². The summed E-state index contributed by atoms with van der Waals surface area (Å²) in [5.41, 5.74) is 0.0453. The third kappa shape index (κ3) is 2.94. The number of carbonyl (C=O) groups is 1. The summed E-state index contributed by atoms with van der Waals surface area (Å²) in [7, 11) is -3.81. The number of sulfonamides is 1. The summed E-state index contributed by atoms with van der Waals surface area (Å²) in [5, 5.41) is 8.02. The number of carboxylic acid groups (broad SMARTS) is 1. The monoisotopic (exact) mass is 321 g/mol. The van der Waals surface area contributed by atoms with E-state index in [4.69, 9.17) is 16.7 Å². The van der Waals surface area contributed by atoms with Crippen LogP contribution >= 0.6 is 11.6 Å². The highest BCUT2D eigenvalue weighted by atomic mass is 35.5. The first-order chi connectivity index (χ1) is 9.33. The highest BCUT2D eigenvalue weighted by Crippen LogP contribution is 2.33. The molecular weight excluding hydrogens is 309 g/mol. The SMILES string of the molecule is O=C(O)C1CCC1S(=O)(=O)NCc1c(F)cccc1Cl. The van der Waals surface area contributed by atoms with Crippen molar-refractivity contribution in [3.05, 3.63) is 34.6 Å². The van der Waals surface area contributed by atoms with E-state index in [-0.39, 0.29) is 23.6 Å². The van der Waals surface area contributed by atoms with Crippen molar-refractivity contribution in [2.45, 2.75) is 24.6 Å². The predicted octanol–water partition coefficient (Wildman–Crippen LogP) is 1.76. The largest absolute Gasteiger partial charge is 0.481 e. The van der Waals surface area contributed by atoms with Crippen LogP contribution in [0.25, 0.3) is 0 Å². The van der Waals surface area contributed by atoms with Crippen molar-refractivity contribution in [1.82, 2.24) is 4.72 Å². The van der Waals surface area contributed by atoms with E-state index < -0.39 is 33.0 Å².